The first-order valence-corrected chi connectivity index (χ1v) is 14.6. The molecular weight excluding hydrogens is 538 g/mol. The molecule has 4 aromatic rings. The van der Waals surface area contributed by atoms with Crippen LogP contribution in [-0.2, 0) is 0 Å². The fourth-order valence-corrected chi connectivity index (χ4v) is 8.18. The summed E-state index contributed by atoms with van der Waals surface area (Å²) in [6.07, 6.45) is -4.75. The fraction of sp³-hybridized carbons (Fsp3) is 0.182. The Morgan fingerprint density at radius 1 is 0.833 bits per heavy atom. The molecule has 0 amide bonds. The molecule has 0 saturated carbocycles. The molecule has 0 radical (unpaired) electrons. The second kappa shape index (κ2) is 7.72. The minimum atomic E-state index is -4.75. The summed E-state index contributed by atoms with van der Waals surface area (Å²) in [5.41, 5.74) is 1.19. The van der Waals surface area contributed by atoms with Crippen LogP contribution in [0.4, 0.5) is 24.5 Å². The number of halogens is 4. The van der Waals surface area contributed by atoms with Gasteiger partial charge in [-0.2, -0.15) is 0 Å². The molecule has 30 heavy (non-hydrogen) atoms. The number of rotatable bonds is 4. The highest BCUT2D eigenvalue weighted by atomic mass is 127. The fourth-order valence-electron chi connectivity index (χ4n) is 3.51. The molecule has 1 heterocycles. The lowest BCUT2D eigenvalue weighted by Gasteiger charge is -2.21. The van der Waals surface area contributed by atoms with E-state index in [1.54, 1.807) is 26.6 Å². The molecule has 3 aromatic carbocycles. The van der Waals surface area contributed by atoms with Gasteiger partial charge in [0, 0.05) is 15.5 Å². The molecule has 2 nitrogen and oxygen atoms in total. The van der Waals surface area contributed by atoms with Crippen LogP contribution >= 0.6 is 34.2 Å². The van der Waals surface area contributed by atoms with Gasteiger partial charge in [0.1, 0.15) is 0 Å². The zero-order valence-electron chi connectivity index (χ0n) is 16.5. The molecule has 0 saturated heterocycles. The second-order valence-electron chi connectivity index (χ2n) is 7.98. The zero-order chi connectivity index (χ0) is 21.7. The monoisotopic (exact) mass is 557 g/mol. The summed E-state index contributed by atoms with van der Waals surface area (Å²) >= 11 is 3.76. The van der Waals surface area contributed by atoms with E-state index in [4.69, 9.17) is 0 Å². The molecule has 0 spiro atoms. The molecular formula is C22H19F3INOSSi. The predicted octanol–water partition coefficient (Wildman–Crippen LogP) is 7.99. The van der Waals surface area contributed by atoms with E-state index < -0.39 is 14.4 Å². The lowest BCUT2D eigenvalue weighted by molar-refractivity contribution is -0.274. The Kier molecular flexibility index (Phi) is 5.52. The molecule has 0 aliphatic carbocycles. The van der Waals surface area contributed by atoms with Gasteiger partial charge in [-0.25, -0.2) is 0 Å². The number of thiophene rings is 1. The summed E-state index contributed by atoms with van der Waals surface area (Å²) in [5.74, 6) is -0.222. The predicted molar refractivity (Wildman–Crippen MR) is 132 cm³/mol. The highest BCUT2D eigenvalue weighted by Gasteiger charge is 2.33. The van der Waals surface area contributed by atoms with E-state index in [-0.39, 0.29) is 5.75 Å². The van der Waals surface area contributed by atoms with Crippen LogP contribution in [0.5, 0.6) is 5.75 Å². The first-order chi connectivity index (χ1) is 14.1. The Bertz CT molecular complexity index is 1230. The lowest BCUT2D eigenvalue weighted by Crippen LogP contribution is -2.37. The van der Waals surface area contributed by atoms with Gasteiger partial charge in [0.15, 0.2) is 5.75 Å². The summed E-state index contributed by atoms with van der Waals surface area (Å²) in [6, 6.07) is 18.6. The maximum atomic E-state index is 12.9. The summed E-state index contributed by atoms with van der Waals surface area (Å²) in [5, 5.41) is 3.71. The standard InChI is InChI=1S/C22H19F3INOSSi/c1-30(2,3)19-13-7-9-15-14-8-6-11-17(20(14)29-21(15)19)27(26)16-10-4-5-12-18(16)28-22(23,24)25/h4-13H,1-3H3. The van der Waals surface area contributed by atoms with Gasteiger partial charge in [0.2, 0.25) is 0 Å². The van der Waals surface area contributed by atoms with Gasteiger partial charge in [-0.15, -0.1) is 24.5 Å². The SMILES string of the molecule is C[Si](C)(C)c1cccc2c1sc1c(N(I)c3ccccc3OC(F)(F)F)cccc12. The second-order valence-corrected chi connectivity index (χ2v) is 15.0. The third kappa shape index (κ3) is 4.04. The van der Waals surface area contributed by atoms with E-state index in [9.17, 15) is 13.2 Å². The number of fused-ring (bicyclic) bond motifs is 3. The van der Waals surface area contributed by atoms with Gasteiger partial charge in [-0.05, 0) is 23.4 Å². The van der Waals surface area contributed by atoms with Gasteiger partial charge < -0.3 is 4.74 Å². The Balaban J connectivity index is 1.91. The van der Waals surface area contributed by atoms with Crippen LogP contribution in [-0.4, -0.2) is 14.4 Å². The number of benzene rings is 3. The van der Waals surface area contributed by atoms with Crippen molar-refractivity contribution in [2.45, 2.75) is 26.0 Å². The zero-order valence-corrected chi connectivity index (χ0v) is 20.5. The quantitative estimate of drug-likeness (QED) is 0.143. The van der Waals surface area contributed by atoms with Crippen LogP contribution in [0, 0.1) is 0 Å². The molecule has 0 unspecified atom stereocenters. The Morgan fingerprint density at radius 2 is 1.43 bits per heavy atom. The summed E-state index contributed by atoms with van der Waals surface area (Å²) in [7, 11) is -1.55. The number of alkyl halides is 3. The molecule has 0 N–H and O–H groups in total. The van der Waals surface area contributed by atoms with Crippen LogP contribution in [0.2, 0.25) is 19.6 Å². The molecule has 8 heteroatoms. The normalized spacial score (nSPS) is 12.5. The number of anilines is 2. The highest BCUT2D eigenvalue weighted by molar-refractivity contribution is 14.1. The Morgan fingerprint density at radius 3 is 2.10 bits per heavy atom. The van der Waals surface area contributed by atoms with E-state index in [0.717, 1.165) is 15.8 Å². The third-order valence-electron chi connectivity index (χ3n) is 4.83. The summed E-state index contributed by atoms with van der Waals surface area (Å²) in [6.45, 7) is 6.97. The van der Waals surface area contributed by atoms with E-state index in [1.165, 1.54) is 27.4 Å². The minimum absolute atomic E-state index is 0.222. The average Bonchev–Trinajstić information content (AvgIpc) is 3.04. The van der Waals surface area contributed by atoms with Gasteiger partial charge >= 0.3 is 6.36 Å². The molecule has 0 aliphatic heterocycles. The number of hydrogen-bond acceptors (Lipinski definition) is 3. The van der Waals surface area contributed by atoms with Gasteiger partial charge in [-0.1, -0.05) is 62.1 Å². The molecule has 0 fully saturated rings. The van der Waals surface area contributed by atoms with Crippen molar-refractivity contribution in [2.24, 2.45) is 0 Å². The van der Waals surface area contributed by atoms with Crippen molar-refractivity contribution in [1.82, 2.24) is 0 Å². The topological polar surface area (TPSA) is 12.5 Å². The van der Waals surface area contributed by atoms with E-state index in [1.807, 2.05) is 35.0 Å². The van der Waals surface area contributed by atoms with E-state index in [2.05, 4.69) is 48.6 Å². The molecule has 1 aromatic heterocycles. The minimum Gasteiger partial charge on any atom is -0.404 e. The molecule has 156 valence electrons. The summed E-state index contributed by atoms with van der Waals surface area (Å²) in [4.78, 5) is 0. The van der Waals surface area contributed by atoms with Gasteiger partial charge in [-0.3, -0.25) is 3.11 Å². The van der Waals surface area contributed by atoms with Crippen LogP contribution in [0.1, 0.15) is 0 Å². The van der Waals surface area contributed by atoms with Gasteiger partial charge in [0.25, 0.3) is 0 Å². The van der Waals surface area contributed by atoms with E-state index >= 15 is 0 Å². The first-order valence-electron chi connectivity index (χ1n) is 9.32. The molecule has 0 bridgehead atoms. The van der Waals surface area contributed by atoms with Crippen molar-refractivity contribution < 1.29 is 17.9 Å². The Labute approximate surface area is 191 Å². The van der Waals surface area contributed by atoms with E-state index in [0.29, 0.717) is 5.69 Å². The molecule has 0 atom stereocenters. The van der Waals surface area contributed by atoms with Crippen molar-refractivity contribution in [2.75, 3.05) is 3.11 Å². The number of ether oxygens (including phenoxy) is 1. The lowest BCUT2D eigenvalue weighted by atomic mass is 10.1. The highest BCUT2D eigenvalue weighted by Crippen LogP contribution is 2.45. The third-order valence-corrected chi connectivity index (χ3v) is 9.36. The Hall–Kier alpha value is -1.78. The maximum Gasteiger partial charge on any atom is 0.573 e. The summed E-state index contributed by atoms with van der Waals surface area (Å²) < 4.78 is 47.0. The van der Waals surface area contributed by atoms with Crippen molar-refractivity contribution in [3.05, 3.63) is 60.7 Å². The van der Waals surface area contributed by atoms with Gasteiger partial charge in [0.05, 0.1) is 47.0 Å². The molecule has 4 rings (SSSR count). The maximum absolute atomic E-state index is 12.9. The van der Waals surface area contributed by atoms with Crippen LogP contribution < -0.4 is 13.0 Å². The van der Waals surface area contributed by atoms with Crippen molar-refractivity contribution in [3.63, 3.8) is 0 Å². The number of hydrogen-bond donors (Lipinski definition) is 0. The average molecular weight is 557 g/mol. The number of nitrogens with zero attached hydrogens (tertiary/aromatic N) is 1. The van der Waals surface area contributed by atoms with Crippen LogP contribution in [0.25, 0.3) is 20.2 Å². The van der Waals surface area contributed by atoms with Crippen molar-refractivity contribution >= 4 is 79.0 Å². The van der Waals surface area contributed by atoms with Crippen LogP contribution in [0.3, 0.4) is 0 Å². The van der Waals surface area contributed by atoms with Crippen molar-refractivity contribution in [1.29, 1.82) is 0 Å². The first kappa shape index (κ1) is 21.4. The van der Waals surface area contributed by atoms with Crippen molar-refractivity contribution in [3.8, 4) is 5.75 Å². The molecule has 0 aliphatic rings. The largest absolute Gasteiger partial charge is 0.573 e. The number of para-hydroxylation sites is 2. The smallest absolute Gasteiger partial charge is 0.404 e. The van der Waals surface area contributed by atoms with Crippen LogP contribution in [0.15, 0.2) is 60.7 Å².